The van der Waals surface area contributed by atoms with Crippen molar-refractivity contribution in [1.82, 2.24) is 0 Å². The Morgan fingerprint density at radius 1 is 0.700 bits per heavy atom. The van der Waals surface area contributed by atoms with Crippen LogP contribution in [0, 0.1) is 20.8 Å². The summed E-state index contributed by atoms with van der Waals surface area (Å²) in [6, 6.07) is 2.35. The highest BCUT2D eigenvalue weighted by Gasteiger charge is 2.30. The first-order chi connectivity index (χ1) is 18.8. The number of ether oxygens (including phenoxy) is 3. The van der Waals surface area contributed by atoms with Gasteiger partial charge in [-0.25, -0.2) is 9.59 Å². The Bertz CT molecular complexity index is 1570. The Kier molecular flexibility index (Phi) is 8.23. The second kappa shape index (κ2) is 11.2. The fraction of sp³-hybridized carbons (Fsp3) is 0.214. The van der Waals surface area contributed by atoms with Crippen molar-refractivity contribution in [3.8, 4) is 40.2 Å². The Balaban J connectivity index is 2.29. The third-order valence-electron chi connectivity index (χ3n) is 6.45. The highest BCUT2D eigenvalue weighted by Crippen LogP contribution is 2.47. The van der Waals surface area contributed by atoms with E-state index in [9.17, 15) is 44.7 Å². The van der Waals surface area contributed by atoms with Crippen LogP contribution in [0.5, 0.6) is 40.2 Å². The van der Waals surface area contributed by atoms with E-state index in [1.54, 1.807) is 0 Å². The maximum Gasteiger partial charge on any atom is 0.341 e. The first-order valence-electron chi connectivity index (χ1n) is 11.6. The number of hydrogen-bond donors (Lipinski definition) is 5. The van der Waals surface area contributed by atoms with Gasteiger partial charge >= 0.3 is 11.9 Å². The number of aromatic hydroxyl groups is 5. The molecule has 0 radical (unpaired) electrons. The van der Waals surface area contributed by atoms with Crippen LogP contribution in [0.25, 0.3) is 0 Å². The third-order valence-corrected chi connectivity index (χ3v) is 6.45. The maximum atomic E-state index is 12.5. The number of aryl methyl sites for hydroxylation is 2. The van der Waals surface area contributed by atoms with E-state index in [-0.39, 0.29) is 51.7 Å². The summed E-state index contributed by atoms with van der Waals surface area (Å²) in [6.45, 7) is 4.25. The molecule has 0 saturated carbocycles. The van der Waals surface area contributed by atoms with E-state index in [0.29, 0.717) is 0 Å². The molecule has 12 nitrogen and oxygen atoms in total. The number of phenolic OH excluding ortho intramolecular Hbond substituents is 5. The second-order valence-corrected chi connectivity index (χ2v) is 8.79. The normalized spacial score (nSPS) is 10.6. The number of methoxy groups -OCH3 is 2. The van der Waals surface area contributed by atoms with Crippen LogP contribution in [-0.2, 0) is 15.9 Å². The Labute approximate surface area is 227 Å². The molecule has 0 aromatic heterocycles. The van der Waals surface area contributed by atoms with Gasteiger partial charge in [0.25, 0.3) is 0 Å². The van der Waals surface area contributed by atoms with Gasteiger partial charge in [0.15, 0.2) is 29.8 Å². The van der Waals surface area contributed by atoms with Gasteiger partial charge in [-0.15, -0.1) is 0 Å². The number of esters is 2. The van der Waals surface area contributed by atoms with Gasteiger partial charge in [0, 0.05) is 17.5 Å². The van der Waals surface area contributed by atoms with Crippen LogP contribution in [0.3, 0.4) is 0 Å². The zero-order valence-electron chi connectivity index (χ0n) is 22.1. The molecule has 3 aromatic carbocycles. The van der Waals surface area contributed by atoms with Crippen molar-refractivity contribution in [2.45, 2.75) is 27.2 Å². The summed E-state index contributed by atoms with van der Waals surface area (Å²) in [5, 5.41) is 53.3. The molecule has 12 heteroatoms. The average molecular weight is 555 g/mol. The van der Waals surface area contributed by atoms with E-state index < -0.39 is 69.5 Å². The molecule has 0 heterocycles. The van der Waals surface area contributed by atoms with Gasteiger partial charge in [0.2, 0.25) is 0 Å². The third kappa shape index (κ3) is 4.82. The highest BCUT2D eigenvalue weighted by molar-refractivity contribution is 6.00. The SMILES string of the molecule is COC(=O)c1c(C)c(Cc2c(O)cc(C)c(Oc3c(C=O)c(O)cc(C)c3C(=O)OC)c2O)c(O)c(C=O)c1O. The Morgan fingerprint density at radius 3 is 1.80 bits per heavy atom. The van der Waals surface area contributed by atoms with Crippen LogP contribution in [0.1, 0.15) is 69.2 Å². The number of phenols is 5. The number of carbonyl (C=O) groups excluding carboxylic acids is 4. The van der Waals surface area contributed by atoms with Gasteiger partial charge in [-0.3, -0.25) is 9.59 Å². The van der Waals surface area contributed by atoms with Gasteiger partial charge < -0.3 is 39.7 Å². The standard InChI is InChI=1S/C28H26O12/c1-11-6-19(32)16(9-29)26(20(11)27(36)38-4)40-25-12(2)7-18(31)15(24(25)35)8-14-13(3)21(28(37)39-5)23(34)17(10-30)22(14)33/h6-7,9-10,31-35H,8H2,1-5H3. The summed E-state index contributed by atoms with van der Waals surface area (Å²) in [6.07, 6.45) is -0.110. The quantitative estimate of drug-likeness (QED) is 0.200. The summed E-state index contributed by atoms with van der Waals surface area (Å²) >= 11 is 0. The van der Waals surface area contributed by atoms with E-state index in [4.69, 9.17) is 9.47 Å². The minimum absolute atomic E-state index is 0.00545. The van der Waals surface area contributed by atoms with E-state index in [1.807, 2.05) is 0 Å². The molecular formula is C28H26O12. The van der Waals surface area contributed by atoms with Crippen LogP contribution in [0.15, 0.2) is 12.1 Å². The summed E-state index contributed by atoms with van der Waals surface area (Å²) in [5.74, 6) is -5.84. The van der Waals surface area contributed by atoms with Crippen molar-refractivity contribution >= 4 is 24.5 Å². The van der Waals surface area contributed by atoms with E-state index in [1.165, 1.54) is 26.8 Å². The zero-order valence-corrected chi connectivity index (χ0v) is 22.1. The number of rotatable bonds is 8. The summed E-state index contributed by atoms with van der Waals surface area (Å²) in [4.78, 5) is 48.3. The lowest BCUT2D eigenvalue weighted by molar-refractivity contribution is 0.0587. The van der Waals surface area contributed by atoms with Crippen LogP contribution in [0.2, 0.25) is 0 Å². The minimum Gasteiger partial charge on any atom is -0.508 e. The molecule has 210 valence electrons. The van der Waals surface area contributed by atoms with Gasteiger partial charge in [0.1, 0.15) is 34.1 Å². The maximum absolute atomic E-state index is 12.5. The van der Waals surface area contributed by atoms with Gasteiger partial charge in [-0.1, -0.05) is 0 Å². The lowest BCUT2D eigenvalue weighted by Crippen LogP contribution is -2.10. The van der Waals surface area contributed by atoms with E-state index in [0.717, 1.165) is 20.3 Å². The minimum atomic E-state index is -1.00. The van der Waals surface area contributed by atoms with Crippen LogP contribution >= 0.6 is 0 Å². The number of carbonyl (C=O) groups is 4. The number of benzene rings is 3. The molecule has 3 aromatic rings. The molecule has 0 unspecified atom stereocenters. The van der Waals surface area contributed by atoms with Crippen molar-refractivity contribution in [2.75, 3.05) is 14.2 Å². The molecule has 0 bridgehead atoms. The summed E-state index contributed by atoms with van der Waals surface area (Å²) in [5.41, 5.74) is -1.67. The monoisotopic (exact) mass is 554 g/mol. The van der Waals surface area contributed by atoms with Crippen molar-refractivity contribution in [2.24, 2.45) is 0 Å². The number of hydrogen-bond acceptors (Lipinski definition) is 12. The van der Waals surface area contributed by atoms with Crippen LogP contribution in [0.4, 0.5) is 0 Å². The molecule has 0 aliphatic carbocycles. The summed E-state index contributed by atoms with van der Waals surface area (Å²) < 4.78 is 15.3. The Hall–Kier alpha value is -5.26. The first-order valence-corrected chi connectivity index (χ1v) is 11.6. The first kappa shape index (κ1) is 29.3. The van der Waals surface area contributed by atoms with Crippen molar-refractivity contribution in [3.63, 3.8) is 0 Å². The fourth-order valence-electron chi connectivity index (χ4n) is 4.34. The van der Waals surface area contributed by atoms with Crippen molar-refractivity contribution < 1.29 is 58.9 Å². The van der Waals surface area contributed by atoms with Crippen LogP contribution < -0.4 is 4.74 Å². The van der Waals surface area contributed by atoms with Gasteiger partial charge in [-0.2, -0.15) is 0 Å². The largest absolute Gasteiger partial charge is 0.508 e. The van der Waals surface area contributed by atoms with E-state index >= 15 is 0 Å². The molecule has 40 heavy (non-hydrogen) atoms. The second-order valence-electron chi connectivity index (χ2n) is 8.79. The lowest BCUT2D eigenvalue weighted by Gasteiger charge is -2.20. The van der Waals surface area contributed by atoms with Gasteiger partial charge in [0.05, 0.1) is 25.3 Å². The molecule has 0 saturated heterocycles. The molecule has 0 amide bonds. The molecule has 0 fully saturated rings. The molecule has 0 atom stereocenters. The van der Waals surface area contributed by atoms with Crippen molar-refractivity contribution in [1.29, 1.82) is 0 Å². The van der Waals surface area contributed by atoms with Crippen LogP contribution in [-0.4, -0.2) is 64.3 Å². The molecule has 0 spiro atoms. The predicted molar refractivity (Wildman–Crippen MR) is 138 cm³/mol. The molecule has 0 aliphatic rings. The summed E-state index contributed by atoms with van der Waals surface area (Å²) in [7, 11) is 2.15. The zero-order chi connectivity index (χ0) is 30.0. The number of aldehydes is 2. The molecule has 5 N–H and O–H groups in total. The average Bonchev–Trinajstić information content (AvgIpc) is 2.90. The van der Waals surface area contributed by atoms with Gasteiger partial charge in [-0.05, 0) is 49.6 Å². The van der Waals surface area contributed by atoms with Crippen molar-refractivity contribution in [3.05, 3.63) is 62.2 Å². The predicted octanol–water partition coefficient (Wildman–Crippen LogP) is 3.72. The molecular weight excluding hydrogens is 528 g/mol. The van der Waals surface area contributed by atoms with E-state index in [2.05, 4.69) is 4.74 Å². The highest BCUT2D eigenvalue weighted by atomic mass is 16.5. The topological polar surface area (TPSA) is 197 Å². The lowest BCUT2D eigenvalue weighted by atomic mass is 9.91. The smallest absolute Gasteiger partial charge is 0.341 e. The Morgan fingerprint density at radius 2 is 1.25 bits per heavy atom. The fourth-order valence-corrected chi connectivity index (χ4v) is 4.34. The molecule has 0 aliphatic heterocycles. The molecule has 3 rings (SSSR count).